The number of thioether (sulfide) groups is 1. The summed E-state index contributed by atoms with van der Waals surface area (Å²) in [5, 5.41) is 3.83. The molecule has 4 aromatic carbocycles. The van der Waals surface area contributed by atoms with Crippen LogP contribution in [0.25, 0.3) is 10.8 Å². The molecule has 0 saturated carbocycles. The minimum Gasteiger partial charge on any atom is -0.378 e. The molecule has 5 aromatic rings. The molecule has 0 spiro atoms. The number of anilines is 3. The Hall–Kier alpha value is -4.88. The highest BCUT2D eigenvalue weighted by Gasteiger charge is 2.57. The average molecular weight is 689 g/mol. The quantitative estimate of drug-likeness (QED) is 0.203. The van der Waals surface area contributed by atoms with Crippen molar-refractivity contribution in [3.8, 4) is 0 Å². The molecule has 0 bridgehead atoms. The van der Waals surface area contributed by atoms with Crippen LogP contribution in [0.15, 0.2) is 101 Å². The van der Waals surface area contributed by atoms with E-state index in [2.05, 4.69) is 5.32 Å². The average Bonchev–Trinajstić information content (AvgIpc) is 3.50. The van der Waals surface area contributed by atoms with E-state index in [-0.39, 0.29) is 6.54 Å². The minimum atomic E-state index is -4.81. The van der Waals surface area contributed by atoms with E-state index in [1.165, 1.54) is 16.7 Å². The van der Waals surface area contributed by atoms with Gasteiger partial charge in [-0.05, 0) is 41.3 Å². The van der Waals surface area contributed by atoms with Gasteiger partial charge in [-0.25, -0.2) is 4.90 Å². The van der Waals surface area contributed by atoms with Crippen LogP contribution in [-0.4, -0.2) is 41.6 Å². The van der Waals surface area contributed by atoms with Crippen molar-refractivity contribution in [2.75, 3.05) is 29.2 Å². The Kier molecular flexibility index (Phi) is 7.91. The number of thiazole rings is 1. The molecule has 3 amide bonds. The van der Waals surface area contributed by atoms with Crippen LogP contribution in [0.1, 0.15) is 21.9 Å². The summed E-state index contributed by atoms with van der Waals surface area (Å²) in [6.07, 6.45) is -4.81. The number of hydrogen-bond donors (Lipinski definition) is 1. The number of alkyl halides is 3. The highest BCUT2D eigenvalue weighted by Crippen LogP contribution is 2.54. The minimum absolute atomic E-state index is 0.341. The number of fused-ring (bicyclic) bond motifs is 3. The Morgan fingerprint density at radius 2 is 1.56 bits per heavy atom. The molecule has 3 heterocycles. The number of rotatable bonds is 6. The van der Waals surface area contributed by atoms with Crippen LogP contribution in [0.3, 0.4) is 0 Å². The maximum atomic E-state index is 14.2. The first-order chi connectivity index (χ1) is 22.9. The number of amides is 3. The predicted octanol–water partition coefficient (Wildman–Crippen LogP) is 6.58. The normalized spacial score (nSPS) is 18.9. The number of para-hydroxylation sites is 1. The van der Waals surface area contributed by atoms with Gasteiger partial charge in [0.25, 0.3) is 0 Å². The highest BCUT2D eigenvalue weighted by molar-refractivity contribution is 8.00. The number of carbonyl (C=O) groups excluding carboxylic acids is 3. The summed E-state index contributed by atoms with van der Waals surface area (Å²) in [7, 11) is 3.73. The molecule has 2 aliphatic rings. The predicted molar refractivity (Wildman–Crippen MR) is 181 cm³/mol. The third-order valence-electron chi connectivity index (χ3n) is 8.63. The lowest BCUT2D eigenvalue weighted by atomic mass is 9.83. The van der Waals surface area contributed by atoms with Crippen molar-refractivity contribution in [3.05, 3.63) is 117 Å². The summed E-state index contributed by atoms with van der Waals surface area (Å²) in [5.74, 6) is -3.96. The SMILES string of the molecule is CN(C)c1ccc(C2c3sc(=O)n(CC(=O)Nc4cccc5ccccc45)c3SC3C(=O)N(c4ccccc4C(F)(F)F)C(=O)C32)cc1. The number of benzene rings is 4. The Bertz CT molecular complexity index is 2150. The van der Waals surface area contributed by atoms with Crippen LogP contribution in [0, 0.1) is 5.92 Å². The van der Waals surface area contributed by atoms with Crippen molar-refractivity contribution in [1.82, 2.24) is 4.57 Å². The van der Waals surface area contributed by atoms with Gasteiger partial charge < -0.3 is 10.2 Å². The maximum absolute atomic E-state index is 14.2. The van der Waals surface area contributed by atoms with Gasteiger partial charge in [0.1, 0.15) is 11.8 Å². The lowest BCUT2D eigenvalue weighted by molar-refractivity contribution is -0.137. The largest absolute Gasteiger partial charge is 0.418 e. The number of nitrogens with one attached hydrogen (secondary N) is 1. The second kappa shape index (κ2) is 12.0. The first-order valence-electron chi connectivity index (χ1n) is 14.9. The fraction of sp³-hybridized carbons (Fsp3) is 0.200. The fourth-order valence-electron chi connectivity index (χ4n) is 6.41. The van der Waals surface area contributed by atoms with Crippen LogP contribution in [0.5, 0.6) is 0 Å². The zero-order valence-electron chi connectivity index (χ0n) is 25.5. The Morgan fingerprint density at radius 3 is 2.29 bits per heavy atom. The molecule has 48 heavy (non-hydrogen) atoms. The fourth-order valence-corrected chi connectivity index (χ4v) is 9.18. The van der Waals surface area contributed by atoms with Crippen molar-refractivity contribution in [1.29, 1.82) is 0 Å². The van der Waals surface area contributed by atoms with Gasteiger partial charge in [-0.15, -0.1) is 0 Å². The van der Waals surface area contributed by atoms with Crippen LogP contribution in [0.4, 0.5) is 30.2 Å². The number of carbonyl (C=O) groups is 3. The molecular weight excluding hydrogens is 662 g/mol. The lowest BCUT2D eigenvalue weighted by Crippen LogP contribution is -2.33. The van der Waals surface area contributed by atoms with Gasteiger partial charge in [-0.3, -0.25) is 23.7 Å². The second-order valence-corrected chi connectivity index (χ2v) is 13.9. The van der Waals surface area contributed by atoms with E-state index in [4.69, 9.17) is 0 Å². The van der Waals surface area contributed by atoms with Gasteiger partial charge in [0.2, 0.25) is 17.7 Å². The molecule has 7 rings (SSSR count). The maximum Gasteiger partial charge on any atom is 0.418 e. The molecule has 13 heteroatoms. The van der Waals surface area contributed by atoms with E-state index in [9.17, 15) is 32.3 Å². The van der Waals surface area contributed by atoms with Crippen LogP contribution >= 0.6 is 23.1 Å². The molecule has 8 nitrogen and oxygen atoms in total. The van der Waals surface area contributed by atoms with Crippen molar-refractivity contribution in [2.24, 2.45) is 5.92 Å². The number of aromatic nitrogens is 1. The van der Waals surface area contributed by atoms with Gasteiger partial charge in [0.05, 0.1) is 22.2 Å². The third-order valence-corrected chi connectivity index (χ3v) is 11.2. The number of nitrogens with zero attached hydrogens (tertiary/aromatic N) is 3. The number of hydrogen-bond acceptors (Lipinski definition) is 7. The first-order valence-corrected chi connectivity index (χ1v) is 16.6. The topological polar surface area (TPSA) is 91.7 Å². The molecule has 1 fully saturated rings. The second-order valence-electron chi connectivity index (χ2n) is 11.8. The highest BCUT2D eigenvalue weighted by atomic mass is 32.2. The standard InChI is InChI=1S/C35H27F3N4O4S2/c1-40(2)21-16-14-20(15-17-21)27-28-29(32(45)42(31(28)44)25-13-6-5-11-23(25)35(36,37)38)47-33-30(27)48-34(46)41(33)18-26(43)39-24-12-7-9-19-8-3-4-10-22(19)24/h3-17,27-29H,18H2,1-2H3,(H,39,43). The van der Waals surface area contributed by atoms with Crippen LogP contribution in [-0.2, 0) is 27.1 Å². The third kappa shape index (κ3) is 5.36. The first kappa shape index (κ1) is 31.7. The van der Waals surface area contributed by atoms with Crippen molar-refractivity contribution in [3.63, 3.8) is 0 Å². The van der Waals surface area contributed by atoms with Gasteiger partial charge in [0.15, 0.2) is 0 Å². The van der Waals surface area contributed by atoms with Crippen LogP contribution < -0.4 is 20.0 Å². The van der Waals surface area contributed by atoms with E-state index < -0.39 is 57.1 Å². The Morgan fingerprint density at radius 1 is 0.875 bits per heavy atom. The Labute approximate surface area is 280 Å². The summed E-state index contributed by atoms with van der Waals surface area (Å²) >= 11 is 1.82. The van der Waals surface area contributed by atoms with Gasteiger partial charge >= 0.3 is 11.0 Å². The molecule has 1 N–H and O–H groups in total. The molecule has 2 aliphatic heterocycles. The number of imide groups is 1. The Balaban J connectivity index is 1.30. The molecule has 0 aliphatic carbocycles. The van der Waals surface area contributed by atoms with Gasteiger partial charge in [-0.1, -0.05) is 83.8 Å². The summed E-state index contributed by atoms with van der Waals surface area (Å²) in [6.45, 7) is -0.368. The molecule has 244 valence electrons. The molecular formula is C35H27F3N4O4S2. The lowest BCUT2D eigenvalue weighted by Gasteiger charge is -2.31. The van der Waals surface area contributed by atoms with E-state index in [1.807, 2.05) is 67.5 Å². The zero-order valence-corrected chi connectivity index (χ0v) is 27.2. The number of halogens is 3. The van der Waals surface area contributed by atoms with E-state index in [0.717, 1.165) is 51.7 Å². The molecule has 1 saturated heterocycles. The summed E-state index contributed by atoms with van der Waals surface area (Å²) < 4.78 is 43.5. The van der Waals surface area contributed by atoms with Crippen molar-refractivity contribution >= 4 is 68.7 Å². The molecule has 0 radical (unpaired) electrons. The van der Waals surface area contributed by atoms with Crippen molar-refractivity contribution in [2.45, 2.75) is 28.9 Å². The molecule has 1 aromatic heterocycles. The van der Waals surface area contributed by atoms with Crippen LogP contribution in [0.2, 0.25) is 0 Å². The summed E-state index contributed by atoms with van der Waals surface area (Å²) in [6, 6.07) is 24.8. The zero-order chi connectivity index (χ0) is 33.9. The van der Waals surface area contributed by atoms with Gasteiger partial charge in [-0.2, -0.15) is 13.2 Å². The monoisotopic (exact) mass is 688 g/mol. The van der Waals surface area contributed by atoms with E-state index in [0.29, 0.717) is 26.1 Å². The smallest absolute Gasteiger partial charge is 0.378 e. The van der Waals surface area contributed by atoms with E-state index >= 15 is 0 Å². The molecule has 3 atom stereocenters. The molecule has 3 unspecified atom stereocenters. The summed E-state index contributed by atoms with van der Waals surface area (Å²) in [4.78, 5) is 57.7. The summed E-state index contributed by atoms with van der Waals surface area (Å²) in [5.41, 5.74) is 0.423. The van der Waals surface area contributed by atoms with E-state index in [1.54, 1.807) is 18.2 Å². The van der Waals surface area contributed by atoms with Crippen molar-refractivity contribution < 1.29 is 27.6 Å². The van der Waals surface area contributed by atoms with Gasteiger partial charge in [0, 0.05) is 41.7 Å².